The Morgan fingerprint density at radius 1 is 0.513 bits per heavy atom. The minimum absolute atomic E-state index is 0.0360. The summed E-state index contributed by atoms with van der Waals surface area (Å²) in [5.74, 6) is 0. The molecule has 0 bridgehead atoms. The Balaban J connectivity index is 1.86. The van der Waals surface area contributed by atoms with E-state index in [-0.39, 0.29) is 62.7 Å². The van der Waals surface area contributed by atoms with Gasteiger partial charge in [-0.2, -0.15) is 0 Å². The number of non-ortho nitro benzene ring substituents is 2. The average Bonchev–Trinajstić information content (AvgIpc) is 2.87. The van der Waals surface area contributed by atoms with Crippen LogP contribution in [0.4, 0.5) is 11.4 Å². The van der Waals surface area contributed by atoms with Gasteiger partial charge in [0.1, 0.15) is 0 Å². The summed E-state index contributed by atoms with van der Waals surface area (Å²) >= 11 is 53.0. The number of nitro benzene ring substituents is 2. The lowest BCUT2D eigenvalue weighted by Crippen LogP contribution is -1.92. The van der Waals surface area contributed by atoms with Crippen LogP contribution in [-0.4, -0.2) is 9.85 Å². The van der Waals surface area contributed by atoms with Crippen molar-refractivity contribution in [2.45, 2.75) is 9.79 Å². The van der Waals surface area contributed by atoms with Crippen molar-refractivity contribution in [3.05, 3.63) is 109 Å². The molecule has 39 heavy (non-hydrogen) atoms. The van der Waals surface area contributed by atoms with Crippen molar-refractivity contribution in [3.63, 3.8) is 0 Å². The fourth-order valence-electron chi connectivity index (χ4n) is 3.54. The third-order valence-corrected chi connectivity index (χ3v) is 9.62. The molecule has 0 aliphatic carbocycles. The topological polar surface area (TPSA) is 86.3 Å². The SMILES string of the molecule is O=[N+]([O-])c1ccc(-c2c(Cl)c(Cl)cc(Sc3cc(Cl)c(Cl)c(-c4ccc([N+](=O)[O-])cc4Cl)c3Cl)c2Cl)c(Cl)c1. The first-order chi connectivity index (χ1) is 18.3. The van der Waals surface area contributed by atoms with Crippen LogP contribution < -0.4 is 0 Å². The molecule has 15 heteroatoms. The molecule has 0 atom stereocenters. The minimum atomic E-state index is -0.584. The molecule has 0 amide bonds. The van der Waals surface area contributed by atoms with Crippen molar-refractivity contribution in [2.75, 3.05) is 0 Å². The van der Waals surface area contributed by atoms with Gasteiger partial charge in [-0.25, -0.2) is 0 Å². The lowest BCUT2D eigenvalue weighted by Gasteiger charge is -2.17. The monoisotopic (exact) mass is 700 g/mol. The largest absolute Gasteiger partial charge is 0.270 e. The average molecular weight is 704 g/mol. The Morgan fingerprint density at radius 3 is 1.18 bits per heavy atom. The van der Waals surface area contributed by atoms with E-state index in [2.05, 4.69) is 0 Å². The molecule has 0 fully saturated rings. The van der Waals surface area contributed by atoms with Gasteiger partial charge in [0.05, 0.1) is 50.0 Å². The number of hydrogen-bond donors (Lipinski definition) is 0. The molecule has 0 unspecified atom stereocenters. The zero-order chi connectivity index (χ0) is 28.8. The van der Waals surface area contributed by atoms with Crippen molar-refractivity contribution in [1.82, 2.24) is 0 Å². The molecule has 0 aromatic heterocycles. The highest BCUT2D eigenvalue weighted by Crippen LogP contribution is 2.52. The number of hydrogen-bond acceptors (Lipinski definition) is 5. The summed E-state index contributed by atoms with van der Waals surface area (Å²) in [5, 5.41) is 23.0. The smallest absolute Gasteiger partial charge is 0.258 e. The summed E-state index contributed by atoms with van der Waals surface area (Å²) in [4.78, 5) is 21.9. The highest BCUT2D eigenvalue weighted by Gasteiger charge is 2.24. The third kappa shape index (κ3) is 6.03. The van der Waals surface area contributed by atoms with E-state index in [0.717, 1.165) is 11.8 Å². The summed E-state index contributed by atoms with van der Waals surface area (Å²) in [5.41, 5.74) is 0.715. The molecule has 4 rings (SSSR count). The Kier molecular flexibility index (Phi) is 9.38. The molecule has 0 aliphatic heterocycles. The number of halogens is 8. The predicted octanol–water partition coefficient (Wildman–Crippen LogP) is 12.2. The van der Waals surface area contributed by atoms with Gasteiger partial charge in [-0.3, -0.25) is 20.2 Å². The number of benzene rings is 4. The van der Waals surface area contributed by atoms with Crippen molar-refractivity contribution in [1.29, 1.82) is 0 Å². The van der Waals surface area contributed by atoms with E-state index in [9.17, 15) is 20.2 Å². The van der Waals surface area contributed by atoms with E-state index < -0.39 is 9.85 Å². The molecule has 0 saturated carbocycles. The van der Waals surface area contributed by atoms with Crippen LogP contribution in [0.5, 0.6) is 0 Å². The summed E-state index contributed by atoms with van der Waals surface area (Å²) in [6.07, 6.45) is 0. The maximum Gasteiger partial charge on any atom is 0.270 e. The summed E-state index contributed by atoms with van der Waals surface area (Å²) in [6.45, 7) is 0. The Hall–Kier alpha value is -1.65. The number of nitrogens with zero attached hydrogens (tertiary/aromatic N) is 2. The van der Waals surface area contributed by atoms with Gasteiger partial charge in [-0.1, -0.05) is 105 Å². The van der Waals surface area contributed by atoms with E-state index in [1.54, 1.807) is 0 Å². The van der Waals surface area contributed by atoms with Gasteiger partial charge >= 0.3 is 0 Å². The number of rotatable bonds is 6. The Morgan fingerprint density at radius 2 is 0.872 bits per heavy atom. The van der Waals surface area contributed by atoms with Gasteiger partial charge < -0.3 is 0 Å². The van der Waals surface area contributed by atoms with Crippen molar-refractivity contribution < 1.29 is 9.85 Å². The second-order valence-corrected chi connectivity index (χ2v) is 11.9. The van der Waals surface area contributed by atoms with Gasteiger partial charge in [0.2, 0.25) is 0 Å². The molecule has 0 radical (unpaired) electrons. The molecule has 0 saturated heterocycles. The normalized spacial score (nSPS) is 11.1. The quantitative estimate of drug-likeness (QED) is 0.113. The van der Waals surface area contributed by atoms with Crippen LogP contribution in [0.3, 0.4) is 0 Å². The van der Waals surface area contributed by atoms with Gasteiger partial charge in [0, 0.05) is 56.3 Å². The first-order valence-corrected chi connectivity index (χ1v) is 14.1. The van der Waals surface area contributed by atoms with Crippen LogP contribution in [0.25, 0.3) is 22.3 Å². The fraction of sp³-hybridized carbons (Fsp3) is 0. The van der Waals surface area contributed by atoms with Crippen LogP contribution in [0.1, 0.15) is 0 Å². The van der Waals surface area contributed by atoms with E-state index in [1.165, 1.54) is 48.5 Å². The van der Waals surface area contributed by atoms with E-state index in [0.29, 0.717) is 20.9 Å². The van der Waals surface area contributed by atoms with Crippen LogP contribution in [0, 0.1) is 20.2 Å². The van der Waals surface area contributed by atoms with Crippen molar-refractivity contribution in [2.24, 2.45) is 0 Å². The van der Waals surface area contributed by atoms with Crippen LogP contribution in [0.2, 0.25) is 40.2 Å². The zero-order valence-corrected chi connectivity index (χ0v) is 25.4. The maximum atomic E-state index is 11.1. The number of nitro groups is 2. The van der Waals surface area contributed by atoms with Crippen molar-refractivity contribution >= 4 is 116 Å². The van der Waals surface area contributed by atoms with Gasteiger partial charge in [-0.05, 0) is 24.3 Å². The maximum absolute atomic E-state index is 11.1. The second kappa shape index (κ2) is 12.1. The minimum Gasteiger partial charge on any atom is -0.258 e. The summed E-state index contributed by atoms with van der Waals surface area (Å²) in [7, 11) is 0. The molecule has 0 N–H and O–H groups in total. The fourth-order valence-corrected chi connectivity index (χ4v) is 6.92. The first-order valence-electron chi connectivity index (χ1n) is 10.2. The second-order valence-electron chi connectivity index (χ2n) is 7.66. The summed E-state index contributed by atoms with van der Waals surface area (Å²) in [6, 6.07) is 10.7. The molecule has 0 aliphatic rings. The van der Waals surface area contributed by atoms with Crippen LogP contribution in [-0.2, 0) is 0 Å². The van der Waals surface area contributed by atoms with Gasteiger partial charge in [0.25, 0.3) is 11.4 Å². The lowest BCUT2D eigenvalue weighted by atomic mass is 10.0. The van der Waals surface area contributed by atoms with Gasteiger partial charge in [0.15, 0.2) is 0 Å². The summed E-state index contributed by atoms with van der Waals surface area (Å²) < 4.78 is 0. The predicted molar refractivity (Wildman–Crippen MR) is 161 cm³/mol. The van der Waals surface area contributed by atoms with Crippen LogP contribution in [0.15, 0.2) is 58.3 Å². The standard InChI is InChI=1S/C24H8Cl8N2O4S/c25-13-5-9(33(35)36)1-3-11(13)19-21(29)15(27)7-17(23(19)31)39-18-8-16(28)22(30)20(24(18)32)12-4-2-10(34(37)38)6-14(12)26/h1-8H. The molecule has 6 nitrogen and oxygen atoms in total. The van der Waals surface area contributed by atoms with E-state index in [1.807, 2.05) is 0 Å². The molecule has 4 aromatic rings. The lowest BCUT2D eigenvalue weighted by molar-refractivity contribution is -0.385. The molecular weight excluding hydrogens is 696 g/mol. The van der Waals surface area contributed by atoms with Crippen LogP contribution >= 0.6 is 105 Å². The zero-order valence-electron chi connectivity index (χ0n) is 18.6. The molecular formula is C24H8Cl8N2O4S. The van der Waals surface area contributed by atoms with Gasteiger partial charge in [-0.15, -0.1) is 0 Å². The molecule has 4 aromatic carbocycles. The first kappa shape index (κ1) is 30.3. The van der Waals surface area contributed by atoms with Crippen molar-refractivity contribution in [3.8, 4) is 22.3 Å². The molecule has 0 spiro atoms. The highest BCUT2D eigenvalue weighted by atomic mass is 35.5. The highest BCUT2D eigenvalue weighted by molar-refractivity contribution is 7.99. The molecule has 0 heterocycles. The van der Waals surface area contributed by atoms with E-state index >= 15 is 0 Å². The third-order valence-electron chi connectivity index (χ3n) is 5.33. The van der Waals surface area contributed by atoms with E-state index in [4.69, 9.17) is 92.8 Å². The Labute approximate surface area is 264 Å². The Bertz CT molecular complexity index is 1580. The molecule has 200 valence electrons.